The van der Waals surface area contributed by atoms with Crippen LogP contribution in [0, 0.1) is 0 Å². The number of amides is 1. The molecule has 1 aromatic carbocycles. The zero-order chi connectivity index (χ0) is 17.1. The number of carbonyl (C=O) groups excluding carboxylic acids is 1. The molecule has 1 N–H and O–H groups in total. The summed E-state index contributed by atoms with van der Waals surface area (Å²) in [5, 5.41) is 15.3. The van der Waals surface area contributed by atoms with Gasteiger partial charge >= 0.3 is 0 Å². The first-order chi connectivity index (χ1) is 12.3. The van der Waals surface area contributed by atoms with E-state index < -0.39 is 0 Å². The SMILES string of the molecule is O=C(CSc1nnnn1C1CC1)NCCc1ccc2c(c1)OCCO2. The molecule has 0 unspecified atom stereocenters. The van der Waals surface area contributed by atoms with Gasteiger partial charge in [-0.3, -0.25) is 4.79 Å². The van der Waals surface area contributed by atoms with Crippen LogP contribution in [0.25, 0.3) is 0 Å². The van der Waals surface area contributed by atoms with Crippen LogP contribution in [-0.4, -0.2) is 51.6 Å². The highest BCUT2D eigenvalue weighted by atomic mass is 32.2. The van der Waals surface area contributed by atoms with Gasteiger partial charge in [-0.15, -0.1) is 5.10 Å². The van der Waals surface area contributed by atoms with E-state index in [1.54, 1.807) is 0 Å². The van der Waals surface area contributed by atoms with Crippen LogP contribution in [-0.2, 0) is 11.2 Å². The van der Waals surface area contributed by atoms with Gasteiger partial charge in [0, 0.05) is 6.54 Å². The highest BCUT2D eigenvalue weighted by Gasteiger charge is 2.28. The van der Waals surface area contributed by atoms with Crippen LogP contribution in [0.4, 0.5) is 0 Å². The molecule has 9 heteroatoms. The lowest BCUT2D eigenvalue weighted by Gasteiger charge is -2.18. The highest BCUT2D eigenvalue weighted by Crippen LogP contribution is 2.36. The molecule has 2 aromatic rings. The van der Waals surface area contributed by atoms with Crippen LogP contribution >= 0.6 is 11.8 Å². The number of aromatic nitrogens is 4. The summed E-state index contributed by atoms with van der Waals surface area (Å²) >= 11 is 1.37. The minimum atomic E-state index is -0.0205. The monoisotopic (exact) mass is 361 g/mol. The lowest BCUT2D eigenvalue weighted by atomic mass is 10.1. The number of nitrogens with zero attached hydrogens (tertiary/aromatic N) is 4. The molecule has 4 rings (SSSR count). The predicted octanol–water partition coefficient (Wildman–Crippen LogP) is 1.23. The Morgan fingerprint density at radius 1 is 1.28 bits per heavy atom. The number of fused-ring (bicyclic) bond motifs is 1. The molecule has 0 spiro atoms. The zero-order valence-corrected chi connectivity index (χ0v) is 14.5. The fourth-order valence-corrected chi connectivity index (χ4v) is 3.37. The summed E-state index contributed by atoms with van der Waals surface area (Å²) in [5.41, 5.74) is 1.11. The van der Waals surface area contributed by atoms with Gasteiger partial charge in [0.1, 0.15) is 13.2 Å². The molecule has 2 aliphatic rings. The zero-order valence-electron chi connectivity index (χ0n) is 13.7. The number of tetrazole rings is 1. The van der Waals surface area contributed by atoms with Crippen LogP contribution in [0.3, 0.4) is 0 Å². The summed E-state index contributed by atoms with van der Waals surface area (Å²) in [5.74, 6) is 1.85. The fourth-order valence-electron chi connectivity index (χ4n) is 2.60. The van der Waals surface area contributed by atoms with Crippen LogP contribution in [0.15, 0.2) is 23.4 Å². The van der Waals surface area contributed by atoms with Gasteiger partial charge in [0.05, 0.1) is 11.8 Å². The van der Waals surface area contributed by atoms with Crippen molar-refractivity contribution in [3.63, 3.8) is 0 Å². The van der Waals surface area contributed by atoms with Gasteiger partial charge in [-0.05, 0) is 47.4 Å². The maximum Gasteiger partial charge on any atom is 0.230 e. The van der Waals surface area contributed by atoms with Crippen LogP contribution in [0.2, 0.25) is 0 Å². The third kappa shape index (κ3) is 4.04. The first-order valence-corrected chi connectivity index (χ1v) is 9.34. The number of ether oxygens (including phenoxy) is 2. The van der Waals surface area contributed by atoms with Gasteiger partial charge in [-0.2, -0.15) is 0 Å². The van der Waals surface area contributed by atoms with Gasteiger partial charge < -0.3 is 14.8 Å². The van der Waals surface area contributed by atoms with E-state index in [0.29, 0.717) is 36.7 Å². The summed E-state index contributed by atoms with van der Waals surface area (Å²) < 4.78 is 12.9. The maximum absolute atomic E-state index is 12.0. The van der Waals surface area contributed by atoms with Gasteiger partial charge in [0.15, 0.2) is 11.5 Å². The van der Waals surface area contributed by atoms with Crippen molar-refractivity contribution in [2.24, 2.45) is 0 Å². The van der Waals surface area contributed by atoms with Crippen molar-refractivity contribution in [3.05, 3.63) is 23.8 Å². The second-order valence-electron chi connectivity index (χ2n) is 6.00. The van der Waals surface area contributed by atoms with Gasteiger partial charge in [0.2, 0.25) is 11.1 Å². The molecule has 132 valence electrons. The lowest BCUT2D eigenvalue weighted by Crippen LogP contribution is -2.27. The average molecular weight is 361 g/mol. The van der Waals surface area contributed by atoms with E-state index in [9.17, 15) is 4.79 Å². The number of thioether (sulfide) groups is 1. The molecule has 1 aliphatic carbocycles. The normalized spacial score (nSPS) is 15.8. The van der Waals surface area contributed by atoms with Gasteiger partial charge in [-0.1, -0.05) is 17.8 Å². The second-order valence-corrected chi connectivity index (χ2v) is 6.95. The Balaban J connectivity index is 1.22. The first-order valence-electron chi connectivity index (χ1n) is 8.35. The molecule has 0 radical (unpaired) electrons. The van der Waals surface area contributed by atoms with Gasteiger partial charge in [-0.25, -0.2) is 4.68 Å². The number of rotatable bonds is 7. The molecule has 25 heavy (non-hydrogen) atoms. The van der Waals surface area contributed by atoms with Crippen molar-refractivity contribution in [3.8, 4) is 11.5 Å². The molecule has 1 fully saturated rings. The van der Waals surface area contributed by atoms with E-state index in [-0.39, 0.29) is 5.91 Å². The molecule has 1 amide bonds. The number of benzene rings is 1. The Hall–Kier alpha value is -2.29. The third-order valence-electron chi connectivity index (χ3n) is 4.03. The van der Waals surface area contributed by atoms with Crippen molar-refractivity contribution in [1.29, 1.82) is 0 Å². The number of nitrogens with one attached hydrogen (secondary N) is 1. The Labute approximate surface area is 149 Å². The molecule has 0 saturated heterocycles. The molecule has 0 atom stereocenters. The first kappa shape index (κ1) is 16.2. The van der Waals surface area contributed by atoms with E-state index in [0.717, 1.165) is 36.3 Å². The Bertz CT molecular complexity index is 762. The van der Waals surface area contributed by atoms with Crippen molar-refractivity contribution >= 4 is 17.7 Å². The smallest absolute Gasteiger partial charge is 0.230 e. The van der Waals surface area contributed by atoms with Crippen LogP contribution in [0.5, 0.6) is 11.5 Å². The molecule has 1 aliphatic heterocycles. The summed E-state index contributed by atoms with van der Waals surface area (Å²) in [6.07, 6.45) is 2.97. The minimum absolute atomic E-state index is 0.0205. The van der Waals surface area contributed by atoms with Crippen LogP contribution in [0.1, 0.15) is 24.4 Å². The minimum Gasteiger partial charge on any atom is -0.486 e. The van der Waals surface area contributed by atoms with E-state index in [1.165, 1.54) is 11.8 Å². The average Bonchev–Trinajstić information content (AvgIpc) is 3.38. The Morgan fingerprint density at radius 2 is 2.12 bits per heavy atom. The largest absolute Gasteiger partial charge is 0.486 e. The Morgan fingerprint density at radius 3 is 2.96 bits per heavy atom. The number of hydrogen-bond donors (Lipinski definition) is 1. The summed E-state index contributed by atoms with van der Waals surface area (Å²) in [6.45, 7) is 1.74. The van der Waals surface area contributed by atoms with Crippen LogP contribution < -0.4 is 14.8 Å². The van der Waals surface area contributed by atoms with E-state index in [4.69, 9.17) is 9.47 Å². The highest BCUT2D eigenvalue weighted by molar-refractivity contribution is 7.99. The summed E-state index contributed by atoms with van der Waals surface area (Å²) in [7, 11) is 0. The van der Waals surface area contributed by atoms with E-state index in [1.807, 2.05) is 22.9 Å². The fraction of sp³-hybridized carbons (Fsp3) is 0.500. The summed E-state index contributed by atoms with van der Waals surface area (Å²) in [6, 6.07) is 6.30. The van der Waals surface area contributed by atoms with Crippen molar-refractivity contribution < 1.29 is 14.3 Å². The molecular weight excluding hydrogens is 342 g/mol. The van der Waals surface area contributed by atoms with Crippen molar-refractivity contribution in [2.45, 2.75) is 30.5 Å². The predicted molar refractivity (Wildman–Crippen MR) is 91.0 cm³/mol. The van der Waals surface area contributed by atoms with E-state index >= 15 is 0 Å². The maximum atomic E-state index is 12.0. The quantitative estimate of drug-likeness (QED) is 0.742. The molecule has 2 heterocycles. The molecular formula is C16H19N5O3S. The molecule has 1 aromatic heterocycles. The lowest BCUT2D eigenvalue weighted by molar-refractivity contribution is -0.118. The standard InChI is InChI=1S/C16H19N5O3S/c22-15(10-25-16-18-19-20-21(16)12-2-3-12)17-6-5-11-1-4-13-14(9-11)24-8-7-23-13/h1,4,9,12H,2-3,5-8,10H2,(H,17,22). The van der Waals surface area contributed by atoms with Gasteiger partial charge in [0.25, 0.3) is 0 Å². The third-order valence-corrected chi connectivity index (χ3v) is 4.96. The molecule has 1 saturated carbocycles. The number of carbonyl (C=O) groups is 1. The summed E-state index contributed by atoms with van der Waals surface area (Å²) in [4.78, 5) is 12.0. The van der Waals surface area contributed by atoms with Crippen molar-refractivity contribution in [2.75, 3.05) is 25.5 Å². The van der Waals surface area contributed by atoms with Crippen molar-refractivity contribution in [1.82, 2.24) is 25.5 Å². The molecule has 8 nitrogen and oxygen atoms in total. The Kier molecular flexibility index (Phi) is 4.73. The van der Waals surface area contributed by atoms with E-state index in [2.05, 4.69) is 20.8 Å². The topological polar surface area (TPSA) is 91.2 Å². The second kappa shape index (κ2) is 7.30. The number of hydrogen-bond acceptors (Lipinski definition) is 7. The molecule has 0 bridgehead atoms.